The molecule has 0 amide bonds. The monoisotopic (exact) mass is 180 g/mol. The van der Waals surface area contributed by atoms with Crippen LogP contribution in [0.5, 0.6) is 0 Å². The van der Waals surface area contributed by atoms with Gasteiger partial charge < -0.3 is 10.6 Å². The van der Waals surface area contributed by atoms with Gasteiger partial charge in [0, 0.05) is 19.1 Å². The highest BCUT2D eigenvalue weighted by Crippen LogP contribution is 2.25. The van der Waals surface area contributed by atoms with E-state index in [2.05, 4.69) is 16.0 Å². The van der Waals surface area contributed by atoms with E-state index in [0.717, 1.165) is 18.2 Å². The van der Waals surface area contributed by atoms with Crippen LogP contribution in [0.15, 0.2) is 6.20 Å². The third-order valence-electron chi connectivity index (χ3n) is 1.78. The Kier molecular flexibility index (Phi) is 1.71. The van der Waals surface area contributed by atoms with Crippen LogP contribution in [0.3, 0.4) is 0 Å². The van der Waals surface area contributed by atoms with Crippen molar-refractivity contribution in [3.8, 4) is 6.07 Å². The topological polar surface area (TPSA) is 65.9 Å². The minimum absolute atomic E-state index is 0.277. The van der Waals surface area contributed by atoms with E-state index < -0.39 is 0 Å². The third-order valence-corrected chi connectivity index (χ3v) is 2.75. The quantitative estimate of drug-likeness (QED) is 0.668. The Hall–Kier alpha value is -1.12. The highest BCUT2D eigenvalue weighted by molar-refractivity contribution is 7.16. The first kappa shape index (κ1) is 7.53. The summed E-state index contributed by atoms with van der Waals surface area (Å²) < 4.78 is 0. The van der Waals surface area contributed by atoms with Crippen LogP contribution in [0.25, 0.3) is 0 Å². The minimum atomic E-state index is 0.277. The molecule has 0 spiro atoms. The van der Waals surface area contributed by atoms with E-state index in [9.17, 15) is 0 Å². The SMILES string of the molecule is N#Cc1cnc(N2CC(N)C2)s1. The van der Waals surface area contributed by atoms with Crippen LogP contribution < -0.4 is 10.6 Å². The van der Waals surface area contributed by atoms with E-state index in [1.54, 1.807) is 6.20 Å². The summed E-state index contributed by atoms with van der Waals surface area (Å²) in [4.78, 5) is 6.85. The van der Waals surface area contributed by atoms with Crippen molar-refractivity contribution in [3.05, 3.63) is 11.1 Å². The summed E-state index contributed by atoms with van der Waals surface area (Å²) in [5.41, 5.74) is 5.62. The van der Waals surface area contributed by atoms with Crippen LogP contribution in [0.4, 0.5) is 5.13 Å². The zero-order chi connectivity index (χ0) is 8.55. The lowest BCUT2D eigenvalue weighted by molar-refractivity contribution is 0.518. The van der Waals surface area contributed by atoms with Crippen LogP contribution >= 0.6 is 11.3 Å². The minimum Gasteiger partial charge on any atom is -0.345 e. The zero-order valence-corrected chi connectivity index (χ0v) is 7.21. The number of thiazole rings is 1. The molecular weight excluding hydrogens is 172 g/mol. The van der Waals surface area contributed by atoms with Gasteiger partial charge in [-0.3, -0.25) is 0 Å². The molecule has 1 fully saturated rings. The van der Waals surface area contributed by atoms with Crippen LogP contribution in [0, 0.1) is 11.3 Å². The molecular formula is C7H8N4S. The Balaban J connectivity index is 2.10. The van der Waals surface area contributed by atoms with Crippen molar-refractivity contribution in [2.24, 2.45) is 5.73 Å². The van der Waals surface area contributed by atoms with Gasteiger partial charge in [-0.15, -0.1) is 0 Å². The standard InChI is InChI=1S/C7H8N4S/c8-1-6-2-10-7(12-6)11-3-5(9)4-11/h2,5H,3-4,9H2. The molecule has 5 heteroatoms. The Bertz CT molecular complexity index is 320. The van der Waals surface area contributed by atoms with Crippen molar-refractivity contribution in [1.29, 1.82) is 5.26 Å². The summed E-state index contributed by atoms with van der Waals surface area (Å²) in [6, 6.07) is 2.34. The first-order valence-electron chi connectivity index (χ1n) is 3.66. The average Bonchev–Trinajstić information content (AvgIpc) is 2.46. The summed E-state index contributed by atoms with van der Waals surface area (Å²) in [6.45, 7) is 1.72. The van der Waals surface area contributed by atoms with Crippen molar-refractivity contribution in [1.82, 2.24) is 4.98 Å². The van der Waals surface area contributed by atoms with E-state index in [-0.39, 0.29) is 6.04 Å². The van der Waals surface area contributed by atoms with Crippen LogP contribution in [0.2, 0.25) is 0 Å². The molecule has 0 aliphatic carbocycles. The summed E-state index contributed by atoms with van der Waals surface area (Å²) >= 11 is 1.42. The van der Waals surface area contributed by atoms with E-state index in [0.29, 0.717) is 4.88 Å². The largest absolute Gasteiger partial charge is 0.345 e. The van der Waals surface area contributed by atoms with Crippen LogP contribution in [-0.4, -0.2) is 24.1 Å². The van der Waals surface area contributed by atoms with E-state index in [1.807, 2.05) is 0 Å². The fraction of sp³-hybridized carbons (Fsp3) is 0.429. The van der Waals surface area contributed by atoms with Crippen molar-refractivity contribution in [2.75, 3.05) is 18.0 Å². The Labute approximate surface area is 74.2 Å². The maximum Gasteiger partial charge on any atom is 0.186 e. The normalized spacial score (nSPS) is 17.2. The molecule has 1 aliphatic rings. The second-order valence-corrected chi connectivity index (χ2v) is 3.79. The molecule has 0 bridgehead atoms. The van der Waals surface area contributed by atoms with Gasteiger partial charge in [0.05, 0.1) is 6.20 Å². The molecule has 1 saturated heterocycles. The molecule has 1 aromatic heterocycles. The maximum absolute atomic E-state index is 8.55. The van der Waals surface area contributed by atoms with Gasteiger partial charge in [0.2, 0.25) is 0 Å². The predicted octanol–water partition coefficient (Wildman–Crippen LogP) is 0.162. The molecule has 0 aromatic carbocycles. The maximum atomic E-state index is 8.55. The molecule has 2 heterocycles. The third kappa shape index (κ3) is 1.15. The molecule has 2 N–H and O–H groups in total. The predicted molar refractivity (Wildman–Crippen MR) is 47.0 cm³/mol. The van der Waals surface area contributed by atoms with Gasteiger partial charge in [0.1, 0.15) is 10.9 Å². The summed E-state index contributed by atoms with van der Waals surface area (Å²) in [5.74, 6) is 0. The molecule has 0 unspecified atom stereocenters. The lowest BCUT2D eigenvalue weighted by atomic mass is 10.1. The van der Waals surface area contributed by atoms with Gasteiger partial charge >= 0.3 is 0 Å². The van der Waals surface area contributed by atoms with Gasteiger partial charge in [-0.25, -0.2) is 4.98 Å². The highest BCUT2D eigenvalue weighted by Gasteiger charge is 2.25. The van der Waals surface area contributed by atoms with Gasteiger partial charge in [-0.1, -0.05) is 11.3 Å². The summed E-state index contributed by atoms with van der Waals surface area (Å²) in [7, 11) is 0. The van der Waals surface area contributed by atoms with E-state index >= 15 is 0 Å². The molecule has 0 atom stereocenters. The summed E-state index contributed by atoms with van der Waals surface area (Å²) in [5, 5.41) is 9.46. The van der Waals surface area contributed by atoms with E-state index in [4.69, 9.17) is 11.0 Å². The number of nitriles is 1. The van der Waals surface area contributed by atoms with E-state index in [1.165, 1.54) is 11.3 Å². The number of nitrogens with two attached hydrogens (primary N) is 1. The van der Waals surface area contributed by atoms with Crippen molar-refractivity contribution >= 4 is 16.5 Å². The van der Waals surface area contributed by atoms with Gasteiger partial charge in [-0.05, 0) is 0 Å². The second-order valence-electron chi connectivity index (χ2n) is 2.78. The molecule has 2 rings (SSSR count). The van der Waals surface area contributed by atoms with Crippen LogP contribution in [0.1, 0.15) is 4.88 Å². The lowest BCUT2D eigenvalue weighted by Gasteiger charge is -2.36. The molecule has 1 aromatic rings. The Morgan fingerprint density at radius 1 is 1.75 bits per heavy atom. The molecule has 62 valence electrons. The molecule has 0 saturated carbocycles. The fourth-order valence-corrected chi connectivity index (χ4v) is 1.86. The average molecular weight is 180 g/mol. The number of rotatable bonds is 1. The number of anilines is 1. The number of nitrogens with zero attached hydrogens (tertiary/aromatic N) is 3. The molecule has 12 heavy (non-hydrogen) atoms. The zero-order valence-electron chi connectivity index (χ0n) is 6.40. The number of hydrogen-bond donors (Lipinski definition) is 1. The Morgan fingerprint density at radius 2 is 2.50 bits per heavy atom. The van der Waals surface area contributed by atoms with Gasteiger partial charge in [-0.2, -0.15) is 5.26 Å². The first-order valence-corrected chi connectivity index (χ1v) is 4.47. The van der Waals surface area contributed by atoms with Crippen molar-refractivity contribution in [3.63, 3.8) is 0 Å². The van der Waals surface area contributed by atoms with Gasteiger partial charge in [0.15, 0.2) is 5.13 Å². The molecule has 1 aliphatic heterocycles. The fourth-order valence-electron chi connectivity index (χ4n) is 1.13. The molecule has 0 radical (unpaired) electrons. The highest BCUT2D eigenvalue weighted by atomic mass is 32.1. The first-order chi connectivity index (χ1) is 5.79. The smallest absolute Gasteiger partial charge is 0.186 e. The number of hydrogen-bond acceptors (Lipinski definition) is 5. The van der Waals surface area contributed by atoms with Crippen molar-refractivity contribution < 1.29 is 0 Å². The van der Waals surface area contributed by atoms with Gasteiger partial charge in [0.25, 0.3) is 0 Å². The van der Waals surface area contributed by atoms with Crippen molar-refractivity contribution in [2.45, 2.75) is 6.04 Å². The lowest BCUT2D eigenvalue weighted by Crippen LogP contribution is -2.55. The summed E-state index contributed by atoms with van der Waals surface area (Å²) in [6.07, 6.45) is 1.60. The molecule has 4 nitrogen and oxygen atoms in total. The van der Waals surface area contributed by atoms with Crippen LogP contribution in [-0.2, 0) is 0 Å². The second kappa shape index (κ2) is 2.73. The number of aromatic nitrogens is 1. The Morgan fingerprint density at radius 3 is 3.00 bits per heavy atom.